The largest absolute Gasteiger partial charge is 0.490 e. The van der Waals surface area contributed by atoms with Gasteiger partial charge in [0.05, 0.1) is 6.10 Å². The topological polar surface area (TPSA) is 24.5 Å². The first kappa shape index (κ1) is 13.7. The molecule has 3 nitrogen and oxygen atoms in total. The summed E-state index contributed by atoms with van der Waals surface area (Å²) >= 11 is 0. The molecule has 0 bridgehead atoms. The predicted octanol–water partition coefficient (Wildman–Crippen LogP) is 3.51. The number of hydrogen-bond acceptors (Lipinski definition) is 3. The second-order valence-electron chi connectivity index (χ2n) is 6.41. The van der Waals surface area contributed by atoms with Crippen molar-refractivity contribution in [3.8, 4) is 5.75 Å². The standard InChI is InChI=1S/C17H26N2O/c1-13-11-15(12-19(13)2)18-14-7-9-17(10-8-14)20-16-5-3-4-6-16/h7-10,13,15-16,18H,3-6,11-12H2,1-2H3. The van der Waals surface area contributed by atoms with Crippen molar-refractivity contribution >= 4 is 5.69 Å². The summed E-state index contributed by atoms with van der Waals surface area (Å²) in [6.07, 6.45) is 6.73. The summed E-state index contributed by atoms with van der Waals surface area (Å²) in [5.74, 6) is 1.01. The van der Waals surface area contributed by atoms with Crippen molar-refractivity contribution in [3.05, 3.63) is 24.3 Å². The van der Waals surface area contributed by atoms with E-state index in [4.69, 9.17) is 4.74 Å². The van der Waals surface area contributed by atoms with E-state index in [1.165, 1.54) is 37.8 Å². The molecule has 2 aliphatic rings. The molecule has 20 heavy (non-hydrogen) atoms. The Kier molecular flexibility index (Phi) is 4.16. The second kappa shape index (κ2) is 6.04. The minimum Gasteiger partial charge on any atom is -0.490 e. The Labute approximate surface area is 122 Å². The van der Waals surface area contributed by atoms with E-state index in [2.05, 4.69) is 48.5 Å². The highest BCUT2D eigenvalue weighted by Crippen LogP contribution is 2.26. The molecule has 1 aromatic rings. The number of nitrogens with one attached hydrogen (secondary N) is 1. The molecule has 2 unspecified atom stereocenters. The Balaban J connectivity index is 1.53. The van der Waals surface area contributed by atoms with E-state index in [1.807, 2.05) is 0 Å². The van der Waals surface area contributed by atoms with Crippen molar-refractivity contribution in [2.45, 2.75) is 57.2 Å². The Morgan fingerprint density at radius 3 is 2.45 bits per heavy atom. The van der Waals surface area contributed by atoms with Crippen molar-refractivity contribution in [2.24, 2.45) is 0 Å². The number of rotatable bonds is 4. The molecule has 0 amide bonds. The maximum atomic E-state index is 6.00. The van der Waals surface area contributed by atoms with Gasteiger partial charge in [-0.25, -0.2) is 0 Å². The molecule has 0 spiro atoms. The lowest BCUT2D eigenvalue weighted by Gasteiger charge is -2.16. The van der Waals surface area contributed by atoms with Gasteiger partial charge < -0.3 is 15.0 Å². The van der Waals surface area contributed by atoms with Gasteiger partial charge in [0, 0.05) is 24.3 Å². The molecule has 2 fully saturated rings. The van der Waals surface area contributed by atoms with Crippen molar-refractivity contribution in [1.29, 1.82) is 0 Å². The van der Waals surface area contributed by atoms with E-state index in [0.717, 1.165) is 12.3 Å². The molecule has 110 valence electrons. The molecule has 0 aromatic heterocycles. The van der Waals surface area contributed by atoms with Crippen LogP contribution >= 0.6 is 0 Å². The number of anilines is 1. The maximum absolute atomic E-state index is 6.00. The quantitative estimate of drug-likeness (QED) is 0.909. The molecule has 1 saturated carbocycles. The third kappa shape index (κ3) is 3.26. The summed E-state index contributed by atoms with van der Waals surface area (Å²) in [5.41, 5.74) is 1.20. The number of nitrogens with zero attached hydrogens (tertiary/aromatic N) is 1. The van der Waals surface area contributed by atoms with E-state index in [1.54, 1.807) is 0 Å². The van der Waals surface area contributed by atoms with Crippen LogP contribution in [0.3, 0.4) is 0 Å². The monoisotopic (exact) mass is 274 g/mol. The average Bonchev–Trinajstić information content (AvgIpc) is 3.03. The van der Waals surface area contributed by atoms with Gasteiger partial charge in [0.2, 0.25) is 0 Å². The third-order valence-electron chi connectivity index (χ3n) is 4.72. The van der Waals surface area contributed by atoms with Crippen molar-refractivity contribution in [1.82, 2.24) is 4.90 Å². The molecule has 1 N–H and O–H groups in total. The van der Waals surface area contributed by atoms with Crippen LogP contribution in [0.2, 0.25) is 0 Å². The molecule has 2 atom stereocenters. The van der Waals surface area contributed by atoms with Gasteiger partial charge in [-0.05, 0) is 70.3 Å². The molecule has 3 heteroatoms. The summed E-state index contributed by atoms with van der Waals surface area (Å²) in [7, 11) is 2.20. The van der Waals surface area contributed by atoms with Gasteiger partial charge in [0.15, 0.2) is 0 Å². The summed E-state index contributed by atoms with van der Waals surface area (Å²) in [6.45, 7) is 3.42. The molecule has 0 radical (unpaired) electrons. The highest BCUT2D eigenvalue weighted by Gasteiger charge is 2.25. The van der Waals surface area contributed by atoms with Crippen LogP contribution in [-0.2, 0) is 0 Å². The summed E-state index contributed by atoms with van der Waals surface area (Å²) in [4.78, 5) is 2.41. The van der Waals surface area contributed by atoms with Crippen LogP contribution in [0.5, 0.6) is 5.75 Å². The van der Waals surface area contributed by atoms with Crippen LogP contribution in [0, 0.1) is 0 Å². The van der Waals surface area contributed by atoms with Crippen LogP contribution in [0.15, 0.2) is 24.3 Å². The van der Waals surface area contributed by atoms with E-state index < -0.39 is 0 Å². The lowest BCUT2D eigenvalue weighted by molar-refractivity contribution is 0.210. The molecular formula is C17H26N2O. The SMILES string of the molecule is CC1CC(Nc2ccc(OC3CCCC3)cc2)CN1C. The minimum absolute atomic E-state index is 0.443. The lowest BCUT2D eigenvalue weighted by atomic mass is 10.2. The van der Waals surface area contributed by atoms with E-state index in [-0.39, 0.29) is 0 Å². The summed E-state index contributed by atoms with van der Waals surface area (Å²) in [5, 5.41) is 3.63. The Morgan fingerprint density at radius 2 is 1.85 bits per heavy atom. The van der Waals surface area contributed by atoms with Crippen molar-refractivity contribution < 1.29 is 4.74 Å². The molecular weight excluding hydrogens is 248 g/mol. The van der Waals surface area contributed by atoms with Crippen molar-refractivity contribution in [3.63, 3.8) is 0 Å². The molecule has 1 aromatic carbocycles. The lowest BCUT2D eigenvalue weighted by Crippen LogP contribution is -2.24. The van der Waals surface area contributed by atoms with Gasteiger partial charge >= 0.3 is 0 Å². The number of hydrogen-bond donors (Lipinski definition) is 1. The summed E-state index contributed by atoms with van der Waals surface area (Å²) in [6, 6.07) is 9.74. The van der Waals surface area contributed by atoms with E-state index >= 15 is 0 Å². The number of benzene rings is 1. The second-order valence-corrected chi connectivity index (χ2v) is 6.41. The van der Waals surface area contributed by atoms with Crippen LogP contribution in [-0.4, -0.2) is 36.7 Å². The smallest absolute Gasteiger partial charge is 0.119 e. The third-order valence-corrected chi connectivity index (χ3v) is 4.72. The Hall–Kier alpha value is -1.22. The maximum Gasteiger partial charge on any atom is 0.119 e. The van der Waals surface area contributed by atoms with Gasteiger partial charge in [-0.1, -0.05) is 0 Å². The fourth-order valence-electron chi connectivity index (χ4n) is 3.36. The molecule has 1 aliphatic heterocycles. The molecule has 3 rings (SSSR count). The molecule has 1 aliphatic carbocycles. The zero-order chi connectivity index (χ0) is 13.9. The predicted molar refractivity (Wildman–Crippen MR) is 83.4 cm³/mol. The average molecular weight is 274 g/mol. The number of likely N-dealkylation sites (N-methyl/N-ethyl adjacent to an activating group) is 1. The molecule has 1 heterocycles. The highest BCUT2D eigenvalue weighted by atomic mass is 16.5. The first-order chi connectivity index (χ1) is 9.70. The van der Waals surface area contributed by atoms with Gasteiger partial charge in [-0.2, -0.15) is 0 Å². The minimum atomic E-state index is 0.443. The van der Waals surface area contributed by atoms with Crippen molar-refractivity contribution in [2.75, 3.05) is 18.9 Å². The van der Waals surface area contributed by atoms with Gasteiger partial charge in [-0.3, -0.25) is 0 Å². The first-order valence-corrected chi connectivity index (χ1v) is 7.94. The zero-order valence-electron chi connectivity index (χ0n) is 12.6. The summed E-state index contributed by atoms with van der Waals surface area (Å²) < 4.78 is 6.00. The van der Waals surface area contributed by atoms with Crippen LogP contribution in [0.4, 0.5) is 5.69 Å². The van der Waals surface area contributed by atoms with Gasteiger partial charge in [-0.15, -0.1) is 0 Å². The Bertz CT molecular complexity index is 415. The van der Waals surface area contributed by atoms with Crippen LogP contribution in [0.1, 0.15) is 39.0 Å². The fraction of sp³-hybridized carbons (Fsp3) is 0.647. The number of likely N-dealkylation sites (tertiary alicyclic amines) is 1. The molecule has 1 saturated heterocycles. The van der Waals surface area contributed by atoms with Gasteiger partial charge in [0.1, 0.15) is 5.75 Å². The van der Waals surface area contributed by atoms with E-state index in [0.29, 0.717) is 18.2 Å². The number of ether oxygens (including phenoxy) is 1. The highest BCUT2D eigenvalue weighted by molar-refractivity contribution is 5.47. The van der Waals surface area contributed by atoms with Gasteiger partial charge in [0.25, 0.3) is 0 Å². The van der Waals surface area contributed by atoms with Crippen LogP contribution in [0.25, 0.3) is 0 Å². The van der Waals surface area contributed by atoms with Crippen LogP contribution < -0.4 is 10.1 Å². The first-order valence-electron chi connectivity index (χ1n) is 7.94. The van der Waals surface area contributed by atoms with E-state index in [9.17, 15) is 0 Å². The normalized spacial score (nSPS) is 27.9. The fourth-order valence-corrected chi connectivity index (χ4v) is 3.36. The zero-order valence-corrected chi connectivity index (χ0v) is 12.6. The Morgan fingerprint density at radius 1 is 1.15 bits per heavy atom.